The summed E-state index contributed by atoms with van der Waals surface area (Å²) < 4.78 is 55.3. The first-order valence-corrected chi connectivity index (χ1v) is 8.85. The zero-order chi connectivity index (χ0) is 21.2. The van der Waals surface area contributed by atoms with Gasteiger partial charge in [0.15, 0.2) is 5.60 Å². The summed E-state index contributed by atoms with van der Waals surface area (Å²) in [6, 6.07) is 8.55. The average Bonchev–Trinajstić information content (AvgIpc) is 2.61. The van der Waals surface area contributed by atoms with Crippen molar-refractivity contribution in [3.05, 3.63) is 64.7 Å². The van der Waals surface area contributed by atoms with Crippen LogP contribution in [-0.2, 0) is 18.3 Å². The first-order valence-electron chi connectivity index (χ1n) is 8.85. The lowest BCUT2D eigenvalue weighted by molar-refractivity contribution is -0.266. The number of aryl methyl sites for hydroxylation is 1. The fraction of sp³-hybridized carbons (Fsp3) is 0.429. The third-order valence-corrected chi connectivity index (χ3v) is 4.87. The number of nitriles is 1. The summed E-state index contributed by atoms with van der Waals surface area (Å²) in [7, 11) is 0. The molecule has 2 aromatic rings. The zero-order valence-electron chi connectivity index (χ0n) is 15.9. The Morgan fingerprint density at radius 2 is 1.82 bits per heavy atom. The van der Waals surface area contributed by atoms with Gasteiger partial charge in [0.2, 0.25) is 0 Å². The summed E-state index contributed by atoms with van der Waals surface area (Å²) in [5, 5.41) is 19.4. The van der Waals surface area contributed by atoms with Crippen LogP contribution in [0.25, 0.3) is 0 Å². The van der Waals surface area contributed by atoms with Gasteiger partial charge in [-0.25, -0.2) is 4.39 Å². The molecule has 1 N–H and O–H groups in total. The molecular formula is C21H22F4N2O. The van der Waals surface area contributed by atoms with Crippen molar-refractivity contribution in [2.45, 2.75) is 57.2 Å². The SMILES string of the molecule is CCc1ccc(F)cc1C(C)(C)CC(O)(Cc1ccc(C#N)cn1)C(F)(F)F. The molecule has 0 aliphatic rings. The monoisotopic (exact) mass is 394 g/mol. The van der Waals surface area contributed by atoms with Crippen molar-refractivity contribution < 1.29 is 22.7 Å². The Hall–Kier alpha value is -2.46. The summed E-state index contributed by atoms with van der Waals surface area (Å²) in [6.45, 7) is 4.96. The number of hydrogen-bond donors (Lipinski definition) is 1. The Bertz CT molecular complexity index is 869. The van der Waals surface area contributed by atoms with Crippen molar-refractivity contribution in [3.8, 4) is 6.07 Å². The number of alkyl halides is 3. The Morgan fingerprint density at radius 1 is 1.14 bits per heavy atom. The second-order valence-corrected chi connectivity index (χ2v) is 7.57. The minimum absolute atomic E-state index is 0.0181. The number of benzene rings is 1. The standard InChI is InChI=1S/C21H22F4N2O/c1-4-15-6-7-16(22)9-18(15)19(2,3)13-20(28,21(23,24)25)10-17-8-5-14(11-26)12-27-17/h5-9,12,28H,4,10,13H2,1-3H3. The molecule has 0 radical (unpaired) electrons. The summed E-state index contributed by atoms with van der Waals surface area (Å²) in [5.74, 6) is -0.537. The third-order valence-electron chi connectivity index (χ3n) is 4.87. The van der Waals surface area contributed by atoms with E-state index >= 15 is 0 Å². The van der Waals surface area contributed by atoms with Crippen molar-refractivity contribution in [2.24, 2.45) is 0 Å². The molecule has 0 aliphatic carbocycles. The van der Waals surface area contributed by atoms with Gasteiger partial charge in [0.1, 0.15) is 11.9 Å². The van der Waals surface area contributed by atoms with Crippen molar-refractivity contribution in [3.63, 3.8) is 0 Å². The number of halogens is 4. The van der Waals surface area contributed by atoms with E-state index in [-0.39, 0.29) is 11.3 Å². The van der Waals surface area contributed by atoms with Crippen LogP contribution in [0.5, 0.6) is 0 Å². The second-order valence-electron chi connectivity index (χ2n) is 7.57. The number of rotatable bonds is 6. The Kier molecular flexibility index (Phi) is 6.15. The maximum Gasteiger partial charge on any atom is 0.417 e. The van der Waals surface area contributed by atoms with Gasteiger partial charge >= 0.3 is 6.18 Å². The van der Waals surface area contributed by atoms with E-state index in [4.69, 9.17) is 5.26 Å². The van der Waals surface area contributed by atoms with Gasteiger partial charge in [-0.15, -0.1) is 0 Å². The van der Waals surface area contributed by atoms with Gasteiger partial charge in [0.25, 0.3) is 0 Å². The van der Waals surface area contributed by atoms with Crippen LogP contribution in [0.4, 0.5) is 17.6 Å². The maximum atomic E-state index is 13.8. The quantitative estimate of drug-likeness (QED) is 0.712. The predicted molar refractivity (Wildman–Crippen MR) is 97.1 cm³/mol. The summed E-state index contributed by atoms with van der Waals surface area (Å²) >= 11 is 0. The first-order chi connectivity index (χ1) is 12.9. The smallest absolute Gasteiger partial charge is 0.380 e. The summed E-state index contributed by atoms with van der Waals surface area (Å²) in [4.78, 5) is 3.86. The lowest BCUT2D eigenvalue weighted by Crippen LogP contribution is -2.51. The highest BCUT2D eigenvalue weighted by Gasteiger charge is 2.56. The van der Waals surface area contributed by atoms with E-state index in [1.807, 2.05) is 13.0 Å². The van der Waals surface area contributed by atoms with Crippen LogP contribution in [0.15, 0.2) is 36.5 Å². The van der Waals surface area contributed by atoms with Gasteiger partial charge in [-0.2, -0.15) is 18.4 Å². The minimum Gasteiger partial charge on any atom is -0.380 e. The minimum atomic E-state index is -4.92. The van der Waals surface area contributed by atoms with Gasteiger partial charge in [0, 0.05) is 18.3 Å². The van der Waals surface area contributed by atoms with E-state index in [1.54, 1.807) is 19.9 Å². The molecule has 0 aliphatic heterocycles. The molecule has 0 saturated heterocycles. The van der Waals surface area contributed by atoms with Crippen molar-refractivity contribution in [2.75, 3.05) is 0 Å². The lowest BCUT2D eigenvalue weighted by atomic mass is 9.72. The molecular weight excluding hydrogens is 372 g/mol. The van der Waals surface area contributed by atoms with Crippen molar-refractivity contribution in [1.29, 1.82) is 5.26 Å². The molecule has 3 nitrogen and oxygen atoms in total. The van der Waals surface area contributed by atoms with Crippen LogP contribution in [0.2, 0.25) is 0 Å². The average molecular weight is 394 g/mol. The maximum absolute atomic E-state index is 13.8. The van der Waals surface area contributed by atoms with Gasteiger partial charge < -0.3 is 5.11 Å². The molecule has 1 unspecified atom stereocenters. The number of hydrogen-bond acceptors (Lipinski definition) is 3. The van der Waals surface area contributed by atoms with E-state index in [1.165, 1.54) is 30.5 Å². The molecule has 0 spiro atoms. The summed E-state index contributed by atoms with van der Waals surface area (Å²) in [5.41, 5.74) is -2.81. The van der Waals surface area contributed by atoms with Crippen LogP contribution in [0.1, 0.15) is 49.6 Å². The normalized spacial score (nSPS) is 14.4. The molecule has 0 saturated carbocycles. The van der Waals surface area contributed by atoms with E-state index in [2.05, 4.69) is 4.98 Å². The number of nitrogens with zero attached hydrogens (tertiary/aromatic N) is 2. The molecule has 1 aromatic carbocycles. The lowest BCUT2D eigenvalue weighted by Gasteiger charge is -2.38. The molecule has 1 aromatic heterocycles. The highest BCUT2D eigenvalue weighted by atomic mass is 19.4. The topological polar surface area (TPSA) is 56.9 Å². The van der Waals surface area contributed by atoms with Gasteiger partial charge in [-0.05, 0) is 53.6 Å². The molecule has 2 rings (SSSR count). The molecule has 150 valence electrons. The molecule has 0 fully saturated rings. The van der Waals surface area contributed by atoms with Gasteiger partial charge in [-0.3, -0.25) is 4.98 Å². The molecule has 1 atom stereocenters. The van der Waals surface area contributed by atoms with Crippen molar-refractivity contribution in [1.82, 2.24) is 4.98 Å². The highest BCUT2D eigenvalue weighted by molar-refractivity contribution is 5.35. The Balaban J connectivity index is 2.42. The molecule has 0 amide bonds. The Morgan fingerprint density at radius 3 is 2.32 bits per heavy atom. The van der Waals surface area contributed by atoms with Crippen LogP contribution >= 0.6 is 0 Å². The highest BCUT2D eigenvalue weighted by Crippen LogP contribution is 2.43. The molecule has 1 heterocycles. The summed E-state index contributed by atoms with van der Waals surface area (Å²) in [6.07, 6.45) is -4.65. The molecule has 28 heavy (non-hydrogen) atoms. The molecule has 0 bridgehead atoms. The van der Waals surface area contributed by atoms with E-state index in [9.17, 15) is 22.7 Å². The van der Waals surface area contributed by atoms with Gasteiger partial charge in [0.05, 0.1) is 5.56 Å². The van der Waals surface area contributed by atoms with Crippen molar-refractivity contribution >= 4 is 0 Å². The second kappa shape index (κ2) is 7.88. The largest absolute Gasteiger partial charge is 0.417 e. The predicted octanol–water partition coefficient (Wildman–Crippen LogP) is 4.86. The van der Waals surface area contributed by atoms with Crippen LogP contribution in [-0.4, -0.2) is 21.9 Å². The fourth-order valence-electron chi connectivity index (χ4n) is 3.47. The van der Waals surface area contributed by atoms with Gasteiger partial charge in [-0.1, -0.05) is 26.8 Å². The van der Waals surface area contributed by atoms with E-state index in [0.29, 0.717) is 12.0 Å². The van der Waals surface area contributed by atoms with Crippen LogP contribution in [0.3, 0.4) is 0 Å². The Labute approximate surface area is 161 Å². The van der Waals surface area contributed by atoms with E-state index in [0.717, 1.165) is 5.56 Å². The third kappa shape index (κ3) is 4.68. The first kappa shape index (κ1) is 21.8. The van der Waals surface area contributed by atoms with E-state index < -0.39 is 35.9 Å². The zero-order valence-corrected chi connectivity index (χ0v) is 15.9. The fourth-order valence-corrected chi connectivity index (χ4v) is 3.47. The van der Waals surface area contributed by atoms with Crippen LogP contribution < -0.4 is 0 Å². The number of pyridine rings is 1. The number of aliphatic hydroxyl groups is 1. The molecule has 7 heteroatoms. The number of aromatic nitrogens is 1. The van der Waals surface area contributed by atoms with Crippen LogP contribution in [0, 0.1) is 17.1 Å².